The number of amides is 1. The number of carbonyl (C=O) groups is 1. The number of carbonyl (C=O) groups excluding carboxylic acids is 1. The van der Waals surface area contributed by atoms with Crippen molar-refractivity contribution >= 4 is 11.6 Å². The normalized spacial score (nSPS) is 23.6. The number of nitrogens with zero attached hydrogens (tertiary/aromatic N) is 5. The molecule has 2 aromatic rings. The van der Waals surface area contributed by atoms with Crippen molar-refractivity contribution in [2.24, 2.45) is 0 Å². The van der Waals surface area contributed by atoms with Gasteiger partial charge in [-0.3, -0.25) is 9.69 Å². The lowest BCUT2D eigenvalue weighted by Crippen LogP contribution is -2.53. The molecule has 1 fully saturated rings. The van der Waals surface area contributed by atoms with E-state index in [4.69, 9.17) is 0 Å². The molecule has 0 radical (unpaired) electrons. The number of piperidine rings is 1. The van der Waals surface area contributed by atoms with Crippen molar-refractivity contribution in [1.29, 1.82) is 0 Å². The minimum atomic E-state index is -0.866. The van der Waals surface area contributed by atoms with Gasteiger partial charge in [0.05, 0.1) is 24.9 Å². The first-order valence-corrected chi connectivity index (χ1v) is 8.80. The van der Waals surface area contributed by atoms with Gasteiger partial charge in [-0.1, -0.05) is 23.4 Å². The zero-order chi connectivity index (χ0) is 17.3. The van der Waals surface area contributed by atoms with Crippen LogP contribution in [0.25, 0.3) is 0 Å². The van der Waals surface area contributed by atoms with Crippen LogP contribution in [0.2, 0.25) is 0 Å². The van der Waals surface area contributed by atoms with Crippen LogP contribution in [0.5, 0.6) is 0 Å². The second-order valence-electron chi connectivity index (χ2n) is 7.06. The average Bonchev–Trinajstić information content (AvgIpc) is 3.23. The minimum absolute atomic E-state index is 0.106. The van der Waals surface area contributed by atoms with Crippen molar-refractivity contribution in [3.63, 3.8) is 0 Å². The van der Waals surface area contributed by atoms with Crippen LogP contribution in [0.15, 0.2) is 36.7 Å². The number of hydrogen-bond acceptors (Lipinski definition) is 5. The third kappa shape index (κ3) is 3.43. The van der Waals surface area contributed by atoms with Crippen molar-refractivity contribution in [2.75, 3.05) is 31.1 Å². The van der Waals surface area contributed by atoms with Crippen LogP contribution < -0.4 is 4.90 Å². The average molecular weight is 341 g/mol. The number of anilines is 1. The number of aromatic nitrogens is 3. The van der Waals surface area contributed by atoms with Crippen LogP contribution >= 0.6 is 0 Å². The molecule has 0 bridgehead atoms. The summed E-state index contributed by atoms with van der Waals surface area (Å²) >= 11 is 0. The molecule has 0 saturated carbocycles. The quantitative estimate of drug-likeness (QED) is 0.886. The first kappa shape index (κ1) is 16.2. The molecule has 1 unspecified atom stereocenters. The highest BCUT2D eigenvalue weighted by Crippen LogP contribution is 2.28. The molecule has 7 heteroatoms. The summed E-state index contributed by atoms with van der Waals surface area (Å²) in [5, 5.41) is 18.6. The largest absolute Gasteiger partial charge is 0.387 e. The monoisotopic (exact) mass is 341 g/mol. The van der Waals surface area contributed by atoms with E-state index < -0.39 is 5.60 Å². The number of β-amino-alcohol motifs (C(OH)–C–C–N with tert-alkyl or cyclic N) is 1. The molecule has 2 aliphatic rings. The van der Waals surface area contributed by atoms with Gasteiger partial charge in [0.1, 0.15) is 0 Å². The minimum Gasteiger partial charge on any atom is -0.387 e. The number of likely N-dealkylation sites (tertiary alicyclic amines) is 1. The Morgan fingerprint density at radius 2 is 2.16 bits per heavy atom. The van der Waals surface area contributed by atoms with E-state index in [1.807, 2.05) is 23.1 Å². The molecule has 1 saturated heterocycles. The topological polar surface area (TPSA) is 74.5 Å². The Labute approximate surface area is 146 Å². The number of fused-ring (bicyclic) bond motifs is 1. The van der Waals surface area contributed by atoms with Gasteiger partial charge in [-0.2, -0.15) is 0 Å². The summed E-state index contributed by atoms with van der Waals surface area (Å²) < 4.78 is 1.65. The van der Waals surface area contributed by atoms with Crippen molar-refractivity contribution < 1.29 is 9.90 Å². The second-order valence-corrected chi connectivity index (χ2v) is 7.06. The lowest BCUT2D eigenvalue weighted by Gasteiger charge is -2.39. The van der Waals surface area contributed by atoms with Gasteiger partial charge in [0.25, 0.3) is 0 Å². The zero-order valence-electron chi connectivity index (χ0n) is 14.2. The summed E-state index contributed by atoms with van der Waals surface area (Å²) in [6.45, 7) is 2.81. The highest BCUT2D eigenvalue weighted by atomic mass is 16.3. The van der Waals surface area contributed by atoms with E-state index in [1.54, 1.807) is 17.1 Å². The van der Waals surface area contributed by atoms with Crippen LogP contribution in [0.1, 0.15) is 18.4 Å². The third-order valence-corrected chi connectivity index (χ3v) is 5.11. The summed E-state index contributed by atoms with van der Waals surface area (Å²) in [6.07, 6.45) is 5.86. The van der Waals surface area contributed by atoms with Crippen molar-refractivity contribution in [1.82, 2.24) is 19.9 Å². The Bertz CT molecular complexity index is 748. The molecule has 25 heavy (non-hydrogen) atoms. The summed E-state index contributed by atoms with van der Waals surface area (Å²) in [6, 6.07) is 8.09. The summed E-state index contributed by atoms with van der Waals surface area (Å²) in [5.74, 6) is 0.106. The van der Waals surface area contributed by atoms with Crippen LogP contribution in [0.3, 0.4) is 0 Å². The third-order valence-electron chi connectivity index (χ3n) is 5.11. The van der Waals surface area contributed by atoms with Crippen LogP contribution in [-0.2, 0) is 17.8 Å². The maximum atomic E-state index is 12.8. The molecule has 1 amide bonds. The maximum absolute atomic E-state index is 12.8. The van der Waals surface area contributed by atoms with E-state index >= 15 is 0 Å². The number of benzene rings is 1. The fourth-order valence-corrected chi connectivity index (χ4v) is 3.96. The van der Waals surface area contributed by atoms with Gasteiger partial charge in [-0.25, -0.2) is 4.68 Å². The molecular weight excluding hydrogens is 318 g/mol. The lowest BCUT2D eigenvalue weighted by atomic mass is 9.93. The highest BCUT2D eigenvalue weighted by Gasteiger charge is 2.35. The first-order valence-electron chi connectivity index (χ1n) is 8.80. The molecular formula is C18H23N5O2. The maximum Gasteiger partial charge on any atom is 0.241 e. The Kier molecular flexibility index (Phi) is 4.27. The van der Waals surface area contributed by atoms with E-state index in [2.05, 4.69) is 21.3 Å². The molecule has 132 valence electrons. The number of hydrogen-bond donors (Lipinski definition) is 1. The summed E-state index contributed by atoms with van der Waals surface area (Å²) in [7, 11) is 0. The number of para-hydroxylation sites is 1. The molecule has 1 N–H and O–H groups in total. The lowest BCUT2D eigenvalue weighted by molar-refractivity contribution is -0.121. The summed E-state index contributed by atoms with van der Waals surface area (Å²) in [5.41, 5.74) is 1.40. The van der Waals surface area contributed by atoms with Gasteiger partial charge in [0, 0.05) is 25.0 Å². The van der Waals surface area contributed by atoms with Crippen molar-refractivity contribution in [3.8, 4) is 0 Å². The predicted molar refractivity (Wildman–Crippen MR) is 93.1 cm³/mol. The van der Waals surface area contributed by atoms with Gasteiger partial charge in [0.2, 0.25) is 5.91 Å². The van der Waals surface area contributed by atoms with Crippen LogP contribution in [-0.4, -0.2) is 62.7 Å². The standard InChI is InChI=1S/C18H23N5O2/c24-17(23-10-6-15-4-1-2-5-16(15)23)12-21-9-3-7-18(25,13-21)14-22-11-8-19-20-22/h1-2,4-5,8,11,25H,3,6-7,9-10,12-14H2. The van der Waals surface area contributed by atoms with Crippen LogP contribution in [0, 0.1) is 0 Å². The summed E-state index contributed by atoms with van der Waals surface area (Å²) in [4.78, 5) is 16.7. The fraction of sp³-hybridized carbons (Fsp3) is 0.500. The van der Waals surface area contributed by atoms with Crippen molar-refractivity contribution in [3.05, 3.63) is 42.2 Å². The predicted octanol–water partition coefficient (Wildman–Crippen LogP) is 0.694. The molecule has 1 aromatic carbocycles. The van der Waals surface area contributed by atoms with E-state index in [-0.39, 0.29) is 5.91 Å². The molecule has 4 rings (SSSR count). The van der Waals surface area contributed by atoms with E-state index in [9.17, 15) is 9.90 Å². The molecule has 1 aromatic heterocycles. The smallest absolute Gasteiger partial charge is 0.241 e. The SMILES string of the molecule is O=C(CN1CCCC(O)(Cn2ccnn2)C1)N1CCc2ccccc21. The van der Waals surface area contributed by atoms with E-state index in [0.717, 1.165) is 31.6 Å². The van der Waals surface area contributed by atoms with E-state index in [1.165, 1.54) is 5.56 Å². The fourth-order valence-electron chi connectivity index (χ4n) is 3.96. The Hall–Kier alpha value is -2.25. The van der Waals surface area contributed by atoms with E-state index in [0.29, 0.717) is 26.1 Å². The molecule has 7 nitrogen and oxygen atoms in total. The van der Waals surface area contributed by atoms with Crippen molar-refractivity contribution in [2.45, 2.75) is 31.4 Å². The molecule has 0 aliphatic carbocycles. The van der Waals surface area contributed by atoms with Crippen LogP contribution in [0.4, 0.5) is 5.69 Å². The molecule has 3 heterocycles. The molecule has 2 aliphatic heterocycles. The molecule has 1 atom stereocenters. The highest BCUT2D eigenvalue weighted by molar-refractivity contribution is 5.96. The molecule has 0 spiro atoms. The first-order chi connectivity index (χ1) is 12.1. The van der Waals surface area contributed by atoms with Gasteiger partial charge >= 0.3 is 0 Å². The Morgan fingerprint density at radius 1 is 1.28 bits per heavy atom. The number of aliphatic hydroxyl groups is 1. The Balaban J connectivity index is 1.40. The second kappa shape index (κ2) is 6.57. The van der Waals surface area contributed by atoms with Gasteiger partial charge < -0.3 is 10.0 Å². The number of rotatable bonds is 4. The van der Waals surface area contributed by atoms with Gasteiger partial charge in [0.15, 0.2) is 0 Å². The zero-order valence-corrected chi connectivity index (χ0v) is 14.2. The van der Waals surface area contributed by atoms with Gasteiger partial charge in [-0.15, -0.1) is 5.10 Å². The Morgan fingerprint density at radius 3 is 3.00 bits per heavy atom. The van der Waals surface area contributed by atoms with Gasteiger partial charge in [-0.05, 0) is 37.4 Å².